The fraction of sp³-hybridized carbons (Fsp3) is 0.250. The van der Waals surface area contributed by atoms with Crippen LogP contribution in [0, 0.1) is 17.1 Å². The van der Waals surface area contributed by atoms with Gasteiger partial charge in [0.2, 0.25) is 0 Å². The Bertz CT molecular complexity index is 632. The summed E-state index contributed by atoms with van der Waals surface area (Å²) in [6.45, 7) is 0.308. The van der Waals surface area contributed by atoms with Crippen LogP contribution < -0.4 is 5.73 Å². The molecule has 19 heavy (non-hydrogen) atoms. The first-order chi connectivity index (χ1) is 9.15. The first-order valence-electron chi connectivity index (χ1n) is 5.55. The summed E-state index contributed by atoms with van der Waals surface area (Å²) in [5.41, 5.74) is 6.42. The number of nitrogens with two attached hydrogens (primary N) is 1. The molecule has 0 aliphatic carbocycles. The molecule has 2 aromatic rings. The second kappa shape index (κ2) is 5.82. The van der Waals surface area contributed by atoms with Crippen molar-refractivity contribution in [1.82, 2.24) is 14.8 Å². The Morgan fingerprint density at radius 1 is 1.47 bits per heavy atom. The van der Waals surface area contributed by atoms with Crippen LogP contribution in [0.2, 0.25) is 0 Å². The number of nitrogens with zero attached hydrogens (tertiary/aromatic N) is 4. The van der Waals surface area contributed by atoms with Crippen molar-refractivity contribution in [3.05, 3.63) is 41.0 Å². The Morgan fingerprint density at radius 3 is 2.89 bits per heavy atom. The molecule has 0 bridgehead atoms. The molecule has 1 aromatic heterocycles. The van der Waals surface area contributed by atoms with E-state index in [1.165, 1.54) is 23.9 Å². The monoisotopic (exact) mass is 277 g/mol. The molecule has 0 radical (unpaired) electrons. The van der Waals surface area contributed by atoms with Crippen molar-refractivity contribution in [3.8, 4) is 6.07 Å². The van der Waals surface area contributed by atoms with Gasteiger partial charge >= 0.3 is 0 Å². The molecule has 1 heterocycles. The second-order valence-corrected chi connectivity index (χ2v) is 4.81. The lowest BCUT2D eigenvalue weighted by atomic mass is 10.1. The molecular weight excluding hydrogens is 265 g/mol. The van der Waals surface area contributed by atoms with Crippen molar-refractivity contribution >= 4 is 11.8 Å². The predicted octanol–water partition coefficient (Wildman–Crippen LogP) is 1.58. The van der Waals surface area contributed by atoms with Gasteiger partial charge in [-0.3, -0.25) is 0 Å². The molecule has 98 valence electrons. The topological polar surface area (TPSA) is 80.5 Å². The van der Waals surface area contributed by atoms with Crippen molar-refractivity contribution in [2.75, 3.05) is 0 Å². The molecular formula is C12H12FN5S. The zero-order chi connectivity index (χ0) is 13.8. The summed E-state index contributed by atoms with van der Waals surface area (Å²) in [6.07, 6.45) is 0. The molecule has 0 saturated carbocycles. The zero-order valence-electron chi connectivity index (χ0n) is 10.3. The van der Waals surface area contributed by atoms with Crippen LogP contribution in [0.4, 0.5) is 4.39 Å². The second-order valence-electron chi connectivity index (χ2n) is 3.87. The molecule has 0 amide bonds. The lowest BCUT2D eigenvalue weighted by Gasteiger charge is -2.04. The fourth-order valence-corrected chi connectivity index (χ4v) is 2.45. The van der Waals surface area contributed by atoms with Crippen LogP contribution in [0.5, 0.6) is 0 Å². The summed E-state index contributed by atoms with van der Waals surface area (Å²) in [5.74, 6) is 0.735. The summed E-state index contributed by atoms with van der Waals surface area (Å²) >= 11 is 1.35. The van der Waals surface area contributed by atoms with Gasteiger partial charge in [-0.2, -0.15) is 5.26 Å². The van der Waals surface area contributed by atoms with Crippen LogP contribution in [0.15, 0.2) is 23.4 Å². The number of halogens is 1. The molecule has 0 spiro atoms. The van der Waals surface area contributed by atoms with Crippen LogP contribution in [0.1, 0.15) is 17.0 Å². The SMILES string of the molecule is Cn1c(CN)nnc1SCc1cc(C#N)ccc1F. The quantitative estimate of drug-likeness (QED) is 0.858. The molecule has 0 unspecified atom stereocenters. The van der Waals surface area contributed by atoms with Crippen LogP contribution >= 0.6 is 11.8 Å². The van der Waals surface area contributed by atoms with Gasteiger partial charge < -0.3 is 10.3 Å². The third-order valence-electron chi connectivity index (χ3n) is 2.64. The van der Waals surface area contributed by atoms with E-state index in [4.69, 9.17) is 11.0 Å². The van der Waals surface area contributed by atoms with Gasteiger partial charge in [-0.25, -0.2) is 4.39 Å². The molecule has 0 aliphatic rings. The number of hydrogen-bond acceptors (Lipinski definition) is 5. The van der Waals surface area contributed by atoms with E-state index in [9.17, 15) is 4.39 Å². The number of thioether (sulfide) groups is 1. The molecule has 2 rings (SSSR count). The van der Waals surface area contributed by atoms with E-state index in [0.717, 1.165) is 0 Å². The molecule has 0 saturated heterocycles. The van der Waals surface area contributed by atoms with Gasteiger partial charge in [0.15, 0.2) is 5.16 Å². The van der Waals surface area contributed by atoms with E-state index in [-0.39, 0.29) is 5.82 Å². The smallest absolute Gasteiger partial charge is 0.191 e. The Kier molecular flexibility index (Phi) is 4.14. The van der Waals surface area contributed by atoms with Crippen molar-refractivity contribution in [2.24, 2.45) is 12.8 Å². The summed E-state index contributed by atoms with van der Waals surface area (Å²) in [5, 5.41) is 17.4. The Balaban J connectivity index is 2.14. The van der Waals surface area contributed by atoms with E-state index in [1.807, 2.05) is 13.1 Å². The number of nitriles is 1. The summed E-state index contributed by atoms with van der Waals surface area (Å²) < 4.78 is 15.4. The highest BCUT2D eigenvalue weighted by molar-refractivity contribution is 7.98. The van der Waals surface area contributed by atoms with Gasteiger partial charge in [-0.05, 0) is 23.8 Å². The van der Waals surface area contributed by atoms with Crippen molar-refractivity contribution in [1.29, 1.82) is 5.26 Å². The number of benzene rings is 1. The Morgan fingerprint density at radius 2 is 2.26 bits per heavy atom. The number of rotatable bonds is 4. The average Bonchev–Trinajstić information content (AvgIpc) is 2.78. The highest BCUT2D eigenvalue weighted by Gasteiger charge is 2.10. The first kappa shape index (κ1) is 13.5. The maximum atomic E-state index is 13.6. The van der Waals surface area contributed by atoms with Crippen molar-refractivity contribution in [2.45, 2.75) is 17.5 Å². The van der Waals surface area contributed by atoms with Crippen LogP contribution in [0.25, 0.3) is 0 Å². The summed E-state index contributed by atoms with van der Waals surface area (Å²) in [6, 6.07) is 6.29. The number of aromatic nitrogens is 3. The summed E-state index contributed by atoms with van der Waals surface area (Å²) in [7, 11) is 1.81. The van der Waals surface area contributed by atoms with Crippen molar-refractivity contribution in [3.63, 3.8) is 0 Å². The lowest BCUT2D eigenvalue weighted by Crippen LogP contribution is -2.05. The minimum atomic E-state index is -0.326. The van der Waals surface area contributed by atoms with Gasteiger partial charge in [0, 0.05) is 12.8 Å². The largest absolute Gasteiger partial charge is 0.324 e. The molecule has 2 N–H and O–H groups in total. The lowest BCUT2D eigenvalue weighted by molar-refractivity contribution is 0.617. The van der Waals surface area contributed by atoms with Crippen LogP contribution in [0.3, 0.4) is 0 Å². The van der Waals surface area contributed by atoms with Crippen molar-refractivity contribution < 1.29 is 4.39 Å². The predicted molar refractivity (Wildman–Crippen MR) is 69.6 cm³/mol. The van der Waals surface area contributed by atoms with Gasteiger partial charge in [-0.1, -0.05) is 11.8 Å². The maximum Gasteiger partial charge on any atom is 0.191 e. The maximum absolute atomic E-state index is 13.6. The standard InChI is InChI=1S/C12H12FN5S/c1-18-11(6-15)16-17-12(18)19-7-9-4-8(5-14)2-3-10(9)13/h2-4H,6-7,15H2,1H3. The van der Waals surface area contributed by atoms with E-state index < -0.39 is 0 Å². The van der Waals surface area contributed by atoms with Crippen LogP contribution in [-0.4, -0.2) is 14.8 Å². The van der Waals surface area contributed by atoms with Gasteiger partial charge in [0.1, 0.15) is 11.6 Å². The van der Waals surface area contributed by atoms with E-state index in [2.05, 4.69) is 10.2 Å². The normalized spacial score (nSPS) is 10.4. The third kappa shape index (κ3) is 2.92. The van der Waals surface area contributed by atoms with E-state index >= 15 is 0 Å². The number of hydrogen-bond donors (Lipinski definition) is 1. The molecule has 7 heteroatoms. The Labute approximate surface area is 114 Å². The Hall–Kier alpha value is -1.91. The molecule has 0 atom stereocenters. The first-order valence-corrected chi connectivity index (χ1v) is 6.54. The van der Waals surface area contributed by atoms with E-state index in [0.29, 0.717) is 34.4 Å². The minimum absolute atomic E-state index is 0.308. The fourth-order valence-electron chi connectivity index (χ4n) is 1.55. The van der Waals surface area contributed by atoms with Crippen LogP contribution in [-0.2, 0) is 19.3 Å². The van der Waals surface area contributed by atoms with Gasteiger partial charge in [0.25, 0.3) is 0 Å². The molecule has 5 nitrogen and oxygen atoms in total. The minimum Gasteiger partial charge on any atom is -0.324 e. The molecule has 0 fully saturated rings. The average molecular weight is 277 g/mol. The third-order valence-corrected chi connectivity index (χ3v) is 3.71. The summed E-state index contributed by atoms with van der Waals surface area (Å²) in [4.78, 5) is 0. The zero-order valence-corrected chi connectivity index (χ0v) is 11.1. The van der Waals surface area contributed by atoms with Gasteiger partial charge in [-0.15, -0.1) is 10.2 Å². The molecule has 1 aromatic carbocycles. The highest BCUT2D eigenvalue weighted by atomic mass is 32.2. The van der Waals surface area contributed by atoms with Gasteiger partial charge in [0.05, 0.1) is 18.2 Å². The van der Waals surface area contributed by atoms with E-state index in [1.54, 1.807) is 10.6 Å². The molecule has 0 aliphatic heterocycles. The highest BCUT2D eigenvalue weighted by Crippen LogP contribution is 2.23.